The standard InChI is InChI=1S/C17H20OS3/c1-2-12-21(18)14-16-10-6-7-11-17(16)20-19-13-15-8-4-3-5-9-15/h3-11H,2,12-14H2,1H3. The second-order valence-electron chi connectivity index (χ2n) is 4.73. The first kappa shape index (κ1) is 16.7. The van der Waals surface area contributed by atoms with Crippen molar-refractivity contribution in [1.29, 1.82) is 0 Å². The Bertz CT molecular complexity index is 569. The molecule has 1 atom stereocenters. The Balaban J connectivity index is 1.92. The van der Waals surface area contributed by atoms with Gasteiger partial charge in [0.05, 0.1) is 0 Å². The lowest BCUT2D eigenvalue weighted by Crippen LogP contribution is -2.00. The van der Waals surface area contributed by atoms with Crippen LogP contribution in [0.4, 0.5) is 0 Å². The van der Waals surface area contributed by atoms with Gasteiger partial charge in [0.1, 0.15) is 0 Å². The first-order valence-electron chi connectivity index (χ1n) is 7.06. The predicted octanol–water partition coefficient (Wildman–Crippen LogP) is 5.29. The van der Waals surface area contributed by atoms with Gasteiger partial charge in [0.15, 0.2) is 0 Å². The highest BCUT2D eigenvalue weighted by atomic mass is 33.1. The average molecular weight is 337 g/mol. The summed E-state index contributed by atoms with van der Waals surface area (Å²) in [6.07, 6.45) is 0.977. The summed E-state index contributed by atoms with van der Waals surface area (Å²) in [6.45, 7) is 2.08. The molecule has 0 fully saturated rings. The minimum Gasteiger partial charge on any atom is -0.259 e. The summed E-state index contributed by atoms with van der Waals surface area (Å²) in [6, 6.07) is 18.8. The van der Waals surface area contributed by atoms with E-state index < -0.39 is 10.8 Å². The van der Waals surface area contributed by atoms with Crippen molar-refractivity contribution in [1.82, 2.24) is 0 Å². The van der Waals surface area contributed by atoms with E-state index in [-0.39, 0.29) is 0 Å². The Morgan fingerprint density at radius 2 is 1.71 bits per heavy atom. The molecule has 0 aliphatic carbocycles. The van der Waals surface area contributed by atoms with Crippen LogP contribution >= 0.6 is 21.6 Å². The van der Waals surface area contributed by atoms with Crippen molar-refractivity contribution in [3.8, 4) is 0 Å². The molecule has 0 amide bonds. The van der Waals surface area contributed by atoms with Crippen LogP contribution in [0.2, 0.25) is 0 Å². The molecular weight excluding hydrogens is 316 g/mol. The van der Waals surface area contributed by atoms with Crippen LogP contribution in [0.25, 0.3) is 0 Å². The molecule has 2 aromatic rings. The molecule has 0 bridgehead atoms. The van der Waals surface area contributed by atoms with E-state index in [4.69, 9.17) is 0 Å². The lowest BCUT2D eigenvalue weighted by Gasteiger charge is -2.08. The fourth-order valence-electron chi connectivity index (χ4n) is 1.91. The molecule has 112 valence electrons. The molecule has 0 aromatic heterocycles. The Hall–Kier alpha value is -0.710. The normalized spacial score (nSPS) is 12.2. The van der Waals surface area contributed by atoms with Crippen molar-refractivity contribution < 1.29 is 4.21 Å². The molecule has 2 rings (SSSR count). The van der Waals surface area contributed by atoms with Crippen LogP contribution in [0.3, 0.4) is 0 Å². The highest BCUT2D eigenvalue weighted by Gasteiger charge is 2.07. The van der Waals surface area contributed by atoms with Gasteiger partial charge in [-0.15, -0.1) is 0 Å². The maximum absolute atomic E-state index is 12.0. The SMILES string of the molecule is CCCS(=O)Cc1ccccc1SSCc1ccccc1. The summed E-state index contributed by atoms with van der Waals surface area (Å²) >= 11 is 0. The third-order valence-corrected chi connectivity index (χ3v) is 6.83. The summed E-state index contributed by atoms with van der Waals surface area (Å²) in [5.74, 6) is 2.44. The van der Waals surface area contributed by atoms with E-state index in [9.17, 15) is 4.21 Å². The largest absolute Gasteiger partial charge is 0.259 e. The lowest BCUT2D eigenvalue weighted by atomic mass is 10.2. The van der Waals surface area contributed by atoms with Crippen LogP contribution in [-0.4, -0.2) is 9.96 Å². The zero-order valence-corrected chi connectivity index (χ0v) is 14.6. The van der Waals surface area contributed by atoms with Gasteiger partial charge in [-0.2, -0.15) is 0 Å². The number of rotatable bonds is 8. The van der Waals surface area contributed by atoms with Crippen molar-refractivity contribution in [2.75, 3.05) is 5.75 Å². The number of hydrogen-bond donors (Lipinski definition) is 0. The van der Waals surface area contributed by atoms with Crippen molar-refractivity contribution in [2.45, 2.75) is 29.7 Å². The zero-order valence-electron chi connectivity index (χ0n) is 12.2. The molecule has 0 N–H and O–H groups in total. The van der Waals surface area contributed by atoms with Crippen LogP contribution in [0.1, 0.15) is 24.5 Å². The quantitative estimate of drug-likeness (QED) is 0.610. The molecule has 0 saturated carbocycles. The van der Waals surface area contributed by atoms with Gasteiger partial charge in [-0.1, -0.05) is 77.0 Å². The van der Waals surface area contributed by atoms with Gasteiger partial charge >= 0.3 is 0 Å². The van der Waals surface area contributed by atoms with Crippen LogP contribution < -0.4 is 0 Å². The second kappa shape index (κ2) is 9.34. The minimum atomic E-state index is -0.745. The fraction of sp³-hybridized carbons (Fsp3) is 0.294. The molecular formula is C17H20OS3. The van der Waals surface area contributed by atoms with Crippen LogP contribution in [-0.2, 0) is 22.3 Å². The monoisotopic (exact) mass is 336 g/mol. The Kier molecular flexibility index (Phi) is 7.41. The minimum absolute atomic E-state index is 0.670. The fourth-order valence-corrected chi connectivity index (χ4v) is 5.55. The van der Waals surface area contributed by atoms with Gasteiger partial charge in [0.2, 0.25) is 0 Å². The Morgan fingerprint density at radius 1 is 1.00 bits per heavy atom. The molecule has 2 aromatic carbocycles. The maximum Gasteiger partial charge on any atom is 0.0497 e. The average Bonchev–Trinajstić information content (AvgIpc) is 2.50. The third kappa shape index (κ3) is 5.89. The molecule has 1 unspecified atom stereocenters. The molecule has 0 aliphatic rings. The van der Waals surface area contributed by atoms with Crippen molar-refractivity contribution >= 4 is 32.4 Å². The van der Waals surface area contributed by atoms with E-state index >= 15 is 0 Å². The molecule has 21 heavy (non-hydrogen) atoms. The van der Waals surface area contributed by atoms with Crippen molar-refractivity contribution in [2.24, 2.45) is 0 Å². The van der Waals surface area contributed by atoms with Gasteiger partial charge in [-0.05, 0) is 23.6 Å². The van der Waals surface area contributed by atoms with Crippen LogP contribution in [0.5, 0.6) is 0 Å². The van der Waals surface area contributed by atoms with E-state index in [1.165, 1.54) is 16.0 Å². The van der Waals surface area contributed by atoms with Gasteiger partial charge in [-0.25, -0.2) is 0 Å². The highest BCUT2D eigenvalue weighted by Crippen LogP contribution is 2.36. The summed E-state index contributed by atoms with van der Waals surface area (Å²) in [7, 11) is 2.87. The van der Waals surface area contributed by atoms with Gasteiger partial charge in [-0.3, -0.25) is 4.21 Å². The topological polar surface area (TPSA) is 17.1 Å². The maximum atomic E-state index is 12.0. The van der Waals surface area contributed by atoms with E-state index in [2.05, 4.69) is 49.4 Å². The predicted molar refractivity (Wildman–Crippen MR) is 97.0 cm³/mol. The Morgan fingerprint density at radius 3 is 2.48 bits per heavy atom. The van der Waals surface area contributed by atoms with Crippen LogP contribution in [0, 0.1) is 0 Å². The molecule has 0 aliphatic heterocycles. The number of benzene rings is 2. The van der Waals surface area contributed by atoms with Crippen LogP contribution in [0.15, 0.2) is 59.5 Å². The molecule has 0 radical (unpaired) electrons. The molecule has 0 spiro atoms. The van der Waals surface area contributed by atoms with Gasteiger partial charge in [0.25, 0.3) is 0 Å². The van der Waals surface area contributed by atoms with E-state index in [1.54, 1.807) is 10.8 Å². The lowest BCUT2D eigenvalue weighted by molar-refractivity contribution is 0.681. The summed E-state index contributed by atoms with van der Waals surface area (Å²) < 4.78 is 12.0. The summed E-state index contributed by atoms with van der Waals surface area (Å²) in [4.78, 5) is 1.24. The first-order chi connectivity index (χ1) is 10.3. The highest BCUT2D eigenvalue weighted by molar-refractivity contribution is 8.76. The first-order valence-corrected chi connectivity index (χ1v) is 10.9. The Labute approximate surface area is 137 Å². The third-order valence-electron chi connectivity index (χ3n) is 2.94. The second-order valence-corrected chi connectivity index (χ2v) is 8.64. The smallest absolute Gasteiger partial charge is 0.0497 e. The zero-order chi connectivity index (χ0) is 14.9. The molecule has 1 nitrogen and oxygen atoms in total. The van der Waals surface area contributed by atoms with E-state index in [1.807, 2.05) is 22.9 Å². The van der Waals surface area contributed by atoms with Gasteiger partial charge < -0.3 is 0 Å². The van der Waals surface area contributed by atoms with Gasteiger partial charge in [0, 0.05) is 33.0 Å². The summed E-state index contributed by atoms with van der Waals surface area (Å²) in [5, 5.41) is 0. The summed E-state index contributed by atoms with van der Waals surface area (Å²) in [5.41, 5.74) is 2.54. The van der Waals surface area contributed by atoms with Crippen molar-refractivity contribution in [3.63, 3.8) is 0 Å². The molecule has 0 saturated heterocycles. The number of hydrogen-bond acceptors (Lipinski definition) is 3. The van der Waals surface area contributed by atoms with Crippen molar-refractivity contribution in [3.05, 3.63) is 65.7 Å². The molecule has 0 heterocycles. The van der Waals surface area contributed by atoms with E-state index in [0.717, 1.165) is 17.9 Å². The van der Waals surface area contributed by atoms with E-state index in [0.29, 0.717) is 5.75 Å². The molecule has 4 heteroatoms.